The molecule has 7 nitrogen and oxygen atoms in total. The zero-order valence-electron chi connectivity index (χ0n) is 15.0. The highest BCUT2D eigenvalue weighted by atomic mass is 16.5. The molecule has 2 aromatic carbocycles. The molecular formula is C21H17N3O4. The van der Waals surface area contributed by atoms with Crippen molar-refractivity contribution < 1.29 is 19.1 Å². The van der Waals surface area contributed by atoms with Crippen molar-refractivity contribution in [1.29, 1.82) is 0 Å². The van der Waals surface area contributed by atoms with E-state index in [9.17, 15) is 9.59 Å². The third-order valence-electron chi connectivity index (χ3n) is 3.74. The number of methoxy groups -OCH3 is 1. The van der Waals surface area contributed by atoms with E-state index in [2.05, 4.69) is 15.5 Å². The molecule has 0 bridgehead atoms. The Morgan fingerprint density at radius 2 is 1.54 bits per heavy atom. The van der Waals surface area contributed by atoms with E-state index in [-0.39, 0.29) is 5.91 Å². The van der Waals surface area contributed by atoms with Crippen LogP contribution in [0.25, 0.3) is 0 Å². The maximum atomic E-state index is 12.1. The topological polar surface area (TPSA) is 89.9 Å². The Balaban J connectivity index is 1.55. The van der Waals surface area contributed by atoms with Crippen molar-refractivity contribution in [2.75, 3.05) is 7.11 Å². The minimum atomic E-state index is -0.464. The molecule has 3 aromatic rings. The lowest BCUT2D eigenvalue weighted by Crippen LogP contribution is -2.17. The molecule has 0 fully saturated rings. The number of hydrazone groups is 1. The smallest absolute Gasteiger partial charge is 0.343 e. The molecule has 0 saturated carbocycles. The average molecular weight is 375 g/mol. The first-order valence-corrected chi connectivity index (χ1v) is 8.35. The molecule has 3 rings (SSSR count). The van der Waals surface area contributed by atoms with Crippen molar-refractivity contribution in [2.45, 2.75) is 0 Å². The lowest BCUT2D eigenvalue weighted by molar-refractivity contribution is 0.0734. The van der Waals surface area contributed by atoms with Crippen LogP contribution in [0.2, 0.25) is 0 Å². The fraction of sp³-hybridized carbons (Fsp3) is 0.0476. The molecule has 0 atom stereocenters. The Morgan fingerprint density at radius 1 is 0.893 bits per heavy atom. The van der Waals surface area contributed by atoms with Gasteiger partial charge >= 0.3 is 5.97 Å². The van der Waals surface area contributed by atoms with E-state index in [0.29, 0.717) is 22.6 Å². The van der Waals surface area contributed by atoms with Crippen LogP contribution in [0.4, 0.5) is 0 Å². The molecule has 1 N–H and O–H groups in total. The maximum Gasteiger partial charge on any atom is 0.343 e. The monoisotopic (exact) mass is 375 g/mol. The predicted molar refractivity (Wildman–Crippen MR) is 104 cm³/mol. The first-order valence-electron chi connectivity index (χ1n) is 8.35. The van der Waals surface area contributed by atoms with Crippen molar-refractivity contribution >= 4 is 18.1 Å². The second-order valence-corrected chi connectivity index (χ2v) is 5.62. The van der Waals surface area contributed by atoms with Crippen LogP contribution >= 0.6 is 0 Å². The summed E-state index contributed by atoms with van der Waals surface area (Å²) in [7, 11) is 1.56. The summed E-state index contributed by atoms with van der Waals surface area (Å²) in [5, 5.41) is 3.91. The van der Waals surface area contributed by atoms with Gasteiger partial charge in [0.05, 0.1) is 18.9 Å². The lowest BCUT2D eigenvalue weighted by atomic mass is 10.2. The number of pyridine rings is 1. The molecule has 0 aliphatic rings. The standard InChI is InChI=1S/C21H17N3O4/c1-27-18-8-4-17(5-9-18)21(26)28-19-6-2-15(3-7-19)14-23-24-20(25)16-10-12-22-13-11-16/h2-14H,1H3,(H,24,25). The fourth-order valence-electron chi connectivity index (χ4n) is 2.25. The number of nitrogens with one attached hydrogen (secondary N) is 1. The van der Waals surface area contributed by atoms with Crippen molar-refractivity contribution in [2.24, 2.45) is 5.10 Å². The molecule has 28 heavy (non-hydrogen) atoms. The van der Waals surface area contributed by atoms with Crippen LogP contribution in [0.3, 0.4) is 0 Å². The second-order valence-electron chi connectivity index (χ2n) is 5.62. The average Bonchev–Trinajstić information content (AvgIpc) is 2.75. The maximum absolute atomic E-state index is 12.1. The van der Waals surface area contributed by atoms with Crippen molar-refractivity contribution in [3.63, 3.8) is 0 Å². The highest BCUT2D eigenvalue weighted by Gasteiger charge is 2.08. The van der Waals surface area contributed by atoms with E-state index in [1.54, 1.807) is 67.8 Å². The number of amides is 1. The molecule has 0 radical (unpaired) electrons. The van der Waals surface area contributed by atoms with Gasteiger partial charge in [-0.05, 0) is 66.2 Å². The second kappa shape index (κ2) is 9.09. The minimum absolute atomic E-state index is 0.330. The first-order chi connectivity index (χ1) is 13.7. The van der Waals surface area contributed by atoms with Gasteiger partial charge in [-0.3, -0.25) is 9.78 Å². The molecule has 1 amide bonds. The van der Waals surface area contributed by atoms with E-state index in [1.807, 2.05) is 0 Å². The van der Waals surface area contributed by atoms with Crippen molar-refractivity contribution in [3.8, 4) is 11.5 Å². The van der Waals surface area contributed by atoms with Crippen molar-refractivity contribution in [3.05, 3.63) is 89.7 Å². The lowest BCUT2D eigenvalue weighted by Gasteiger charge is -2.05. The summed E-state index contributed by atoms with van der Waals surface area (Å²) < 4.78 is 10.4. The van der Waals surface area contributed by atoms with E-state index in [0.717, 1.165) is 5.56 Å². The summed E-state index contributed by atoms with van der Waals surface area (Å²) in [5.41, 5.74) is 4.05. The first kappa shape index (κ1) is 18.8. The molecule has 140 valence electrons. The number of hydrogen-bond acceptors (Lipinski definition) is 6. The van der Waals surface area contributed by atoms with Crippen LogP contribution in [0.1, 0.15) is 26.3 Å². The zero-order chi connectivity index (χ0) is 19.8. The molecular weight excluding hydrogens is 358 g/mol. The third-order valence-corrected chi connectivity index (χ3v) is 3.74. The number of rotatable bonds is 6. The molecule has 0 spiro atoms. The van der Waals surface area contributed by atoms with Crippen LogP contribution in [0.5, 0.6) is 11.5 Å². The van der Waals surface area contributed by atoms with E-state index < -0.39 is 5.97 Å². The van der Waals surface area contributed by atoms with E-state index in [1.165, 1.54) is 18.6 Å². The highest BCUT2D eigenvalue weighted by Crippen LogP contribution is 2.16. The number of nitrogens with zero attached hydrogens (tertiary/aromatic N) is 2. The summed E-state index contributed by atoms with van der Waals surface area (Å²) in [6, 6.07) is 16.6. The molecule has 1 heterocycles. The molecule has 0 saturated heterocycles. The van der Waals surface area contributed by atoms with Crippen LogP contribution in [0.15, 0.2) is 78.2 Å². The Morgan fingerprint density at radius 3 is 2.18 bits per heavy atom. The van der Waals surface area contributed by atoms with Crippen LogP contribution in [-0.2, 0) is 0 Å². The Labute approximate surface area is 161 Å². The summed E-state index contributed by atoms with van der Waals surface area (Å²) in [6.07, 6.45) is 4.56. The van der Waals surface area contributed by atoms with Gasteiger partial charge in [0.1, 0.15) is 11.5 Å². The van der Waals surface area contributed by atoms with Gasteiger partial charge in [-0.2, -0.15) is 5.10 Å². The summed E-state index contributed by atoms with van der Waals surface area (Å²) in [4.78, 5) is 27.9. The van der Waals surface area contributed by atoms with Gasteiger partial charge in [-0.25, -0.2) is 10.2 Å². The fourth-order valence-corrected chi connectivity index (χ4v) is 2.25. The van der Waals surface area contributed by atoms with Gasteiger partial charge in [0.15, 0.2) is 0 Å². The van der Waals surface area contributed by atoms with Gasteiger partial charge in [-0.1, -0.05) is 0 Å². The molecule has 0 aliphatic carbocycles. The third kappa shape index (κ3) is 5.01. The SMILES string of the molecule is COc1ccc(C(=O)Oc2ccc(C=NNC(=O)c3ccncc3)cc2)cc1. The van der Waals surface area contributed by atoms with Gasteiger partial charge < -0.3 is 9.47 Å². The zero-order valence-corrected chi connectivity index (χ0v) is 15.0. The molecule has 1 aromatic heterocycles. The van der Waals surface area contributed by atoms with Gasteiger partial charge in [-0.15, -0.1) is 0 Å². The molecule has 7 heteroatoms. The van der Waals surface area contributed by atoms with Crippen LogP contribution in [-0.4, -0.2) is 30.2 Å². The van der Waals surface area contributed by atoms with Gasteiger partial charge in [0, 0.05) is 18.0 Å². The molecule has 0 unspecified atom stereocenters. The van der Waals surface area contributed by atoms with Gasteiger partial charge in [0.25, 0.3) is 5.91 Å². The normalized spacial score (nSPS) is 10.5. The van der Waals surface area contributed by atoms with Crippen molar-refractivity contribution in [1.82, 2.24) is 10.4 Å². The minimum Gasteiger partial charge on any atom is -0.497 e. The highest BCUT2D eigenvalue weighted by molar-refractivity contribution is 5.94. The summed E-state index contributed by atoms with van der Waals surface area (Å²) in [5.74, 6) is 0.271. The number of hydrogen-bond donors (Lipinski definition) is 1. The number of benzene rings is 2. The van der Waals surface area contributed by atoms with E-state index >= 15 is 0 Å². The van der Waals surface area contributed by atoms with Gasteiger partial charge in [0.2, 0.25) is 0 Å². The number of ether oxygens (including phenoxy) is 2. The quantitative estimate of drug-likeness (QED) is 0.309. The number of esters is 1. The number of aromatic nitrogens is 1. The molecule has 0 aliphatic heterocycles. The van der Waals surface area contributed by atoms with Crippen LogP contribution < -0.4 is 14.9 Å². The Bertz CT molecular complexity index is 969. The largest absolute Gasteiger partial charge is 0.497 e. The Kier molecular flexibility index (Phi) is 6.10. The predicted octanol–water partition coefficient (Wildman–Crippen LogP) is 3.07. The summed E-state index contributed by atoms with van der Waals surface area (Å²) in [6.45, 7) is 0. The van der Waals surface area contributed by atoms with Crippen LogP contribution in [0, 0.1) is 0 Å². The van der Waals surface area contributed by atoms with E-state index in [4.69, 9.17) is 9.47 Å². The number of carbonyl (C=O) groups is 2. The Hall–Kier alpha value is -4.00. The summed E-state index contributed by atoms with van der Waals surface area (Å²) >= 11 is 0. The number of carbonyl (C=O) groups excluding carboxylic acids is 2.